The summed E-state index contributed by atoms with van der Waals surface area (Å²) in [6.07, 6.45) is 70.2. The van der Waals surface area contributed by atoms with Gasteiger partial charge < -0.3 is 15.4 Å². The molecular formula is C66H124N2O3. The number of rotatable bonds is 58. The first-order valence-electron chi connectivity index (χ1n) is 32.5. The number of unbranched alkanes of at least 4 members (excludes halogenated alkanes) is 49. The minimum atomic E-state index is -0.0929. The average Bonchev–Trinajstić information content (AvgIpc) is 3.38. The molecule has 0 saturated carbocycles. The molecule has 0 aliphatic heterocycles. The van der Waals surface area contributed by atoms with E-state index < -0.39 is 0 Å². The van der Waals surface area contributed by atoms with Crippen LogP contribution < -0.4 is 15.4 Å². The Morgan fingerprint density at radius 3 is 0.831 bits per heavy atom. The van der Waals surface area contributed by atoms with Crippen LogP contribution in [0.4, 0.5) is 0 Å². The first-order chi connectivity index (χ1) is 35.1. The summed E-state index contributed by atoms with van der Waals surface area (Å²) >= 11 is 0. The third kappa shape index (κ3) is 46.2. The normalized spacial score (nSPS) is 11.4. The zero-order chi connectivity index (χ0) is 51.0. The molecular weight excluding hydrogens is 869 g/mol. The Morgan fingerprint density at radius 2 is 0.549 bits per heavy atom. The number of hydrogen-bond acceptors (Lipinski definition) is 3. The summed E-state index contributed by atoms with van der Waals surface area (Å²) < 4.78 is 6.32. The Morgan fingerprint density at radius 1 is 0.310 bits per heavy atom. The number of benzene rings is 1. The molecule has 5 nitrogen and oxygen atoms in total. The Hall–Kier alpha value is -2.04. The Kier molecular flexibility index (Phi) is 52.5. The summed E-state index contributed by atoms with van der Waals surface area (Å²) in [7, 11) is 0. The van der Waals surface area contributed by atoms with Gasteiger partial charge >= 0.3 is 0 Å². The van der Waals surface area contributed by atoms with Crippen LogP contribution in [0.2, 0.25) is 0 Å². The van der Waals surface area contributed by atoms with Crippen LogP contribution in [0.1, 0.15) is 375 Å². The van der Waals surface area contributed by atoms with Crippen LogP contribution in [0.3, 0.4) is 0 Å². The van der Waals surface area contributed by atoms with E-state index in [-0.39, 0.29) is 11.8 Å². The molecule has 0 spiro atoms. The lowest BCUT2D eigenvalue weighted by molar-refractivity contribution is 0.0937. The molecule has 2 amide bonds. The number of ether oxygens (including phenoxy) is 1. The first-order valence-corrected chi connectivity index (χ1v) is 32.5. The van der Waals surface area contributed by atoms with Gasteiger partial charge in [0, 0.05) is 18.7 Å². The van der Waals surface area contributed by atoms with Crippen molar-refractivity contribution in [3.05, 3.63) is 29.3 Å². The second-order valence-corrected chi connectivity index (χ2v) is 22.4. The molecule has 0 aliphatic rings. The van der Waals surface area contributed by atoms with Gasteiger partial charge in [-0.15, -0.1) is 0 Å². The summed E-state index contributed by atoms with van der Waals surface area (Å²) in [4.78, 5) is 26.8. The Labute approximate surface area is 444 Å². The van der Waals surface area contributed by atoms with E-state index >= 15 is 0 Å². The van der Waals surface area contributed by atoms with Gasteiger partial charge in [0.1, 0.15) is 5.75 Å². The van der Waals surface area contributed by atoms with Gasteiger partial charge in [0.25, 0.3) is 11.8 Å². The van der Waals surface area contributed by atoms with E-state index in [9.17, 15) is 9.59 Å². The van der Waals surface area contributed by atoms with Crippen molar-refractivity contribution in [1.82, 2.24) is 10.6 Å². The van der Waals surface area contributed by atoms with Crippen LogP contribution in [-0.2, 0) is 0 Å². The quantitative estimate of drug-likeness (QED) is 0.0639. The molecule has 0 aromatic heterocycles. The van der Waals surface area contributed by atoms with E-state index in [1.807, 2.05) is 6.07 Å². The van der Waals surface area contributed by atoms with Crippen molar-refractivity contribution < 1.29 is 14.3 Å². The lowest BCUT2D eigenvalue weighted by Crippen LogP contribution is -2.26. The molecule has 71 heavy (non-hydrogen) atoms. The van der Waals surface area contributed by atoms with Gasteiger partial charge in [-0.25, -0.2) is 0 Å². The van der Waals surface area contributed by atoms with Gasteiger partial charge in [-0.05, 0) is 37.5 Å². The van der Waals surface area contributed by atoms with Crippen LogP contribution in [0.5, 0.6) is 5.75 Å². The second kappa shape index (κ2) is 55.7. The van der Waals surface area contributed by atoms with Crippen molar-refractivity contribution in [3.8, 4) is 5.75 Å². The van der Waals surface area contributed by atoms with Crippen LogP contribution in [0.15, 0.2) is 18.2 Å². The predicted octanol–water partition coefficient (Wildman–Crippen LogP) is 21.9. The Balaban J connectivity index is 2.34. The fourth-order valence-corrected chi connectivity index (χ4v) is 10.5. The molecule has 0 fully saturated rings. The molecule has 0 radical (unpaired) electrons. The van der Waals surface area contributed by atoms with Crippen molar-refractivity contribution >= 4 is 11.8 Å². The third-order valence-electron chi connectivity index (χ3n) is 15.4. The van der Waals surface area contributed by atoms with Gasteiger partial charge in [-0.1, -0.05) is 335 Å². The van der Waals surface area contributed by atoms with Crippen molar-refractivity contribution in [2.75, 3.05) is 19.7 Å². The number of carbonyl (C=O) groups excluding carboxylic acids is 2. The van der Waals surface area contributed by atoms with Crippen LogP contribution in [-0.4, -0.2) is 31.5 Å². The summed E-state index contributed by atoms with van der Waals surface area (Å²) in [6, 6.07) is 5.42. The maximum atomic E-state index is 13.5. The monoisotopic (exact) mass is 993 g/mol. The van der Waals surface area contributed by atoms with Gasteiger partial charge in [0.15, 0.2) is 0 Å². The standard InChI is InChI=1S/C66H124N2O3/c1-4-7-10-13-16-19-22-25-28-31-33-35-38-41-44-47-50-53-58-67-65(69)62-56-57-63(64(61-62)71-60-55-52-49-46-43-40-37-30-27-24-21-18-15-12-9-6-3)66(70)68-59-54-51-48-45-42-39-36-34-32-29-26-23-20-17-14-11-8-5-2/h56-57,61H,4-55,58-60H2,1-3H3,(H,67,69)(H,68,70). The van der Waals surface area contributed by atoms with Gasteiger partial charge in [0.2, 0.25) is 0 Å². The van der Waals surface area contributed by atoms with E-state index in [0.717, 1.165) is 38.5 Å². The van der Waals surface area contributed by atoms with E-state index in [0.29, 0.717) is 36.6 Å². The van der Waals surface area contributed by atoms with Gasteiger partial charge in [-0.2, -0.15) is 0 Å². The first kappa shape index (κ1) is 67.0. The zero-order valence-corrected chi connectivity index (χ0v) is 48.3. The zero-order valence-electron chi connectivity index (χ0n) is 48.3. The van der Waals surface area contributed by atoms with E-state index in [2.05, 4.69) is 31.4 Å². The molecule has 416 valence electrons. The maximum Gasteiger partial charge on any atom is 0.255 e. The lowest BCUT2D eigenvalue weighted by atomic mass is 10.0. The van der Waals surface area contributed by atoms with Crippen molar-refractivity contribution in [3.63, 3.8) is 0 Å². The predicted molar refractivity (Wildman–Crippen MR) is 314 cm³/mol. The molecule has 1 aromatic carbocycles. The molecule has 0 bridgehead atoms. The SMILES string of the molecule is CCCCCCCCCCCCCCCCCCCCNC(=O)c1ccc(C(=O)NCCCCCCCCCCCCCCCCCCCC)c(OCCCCCCCCCCCCCCCCCC)c1. The molecule has 0 aliphatic carbocycles. The van der Waals surface area contributed by atoms with E-state index in [1.54, 1.807) is 12.1 Å². The highest BCUT2D eigenvalue weighted by atomic mass is 16.5. The summed E-state index contributed by atoms with van der Waals surface area (Å²) in [5.74, 6) is 0.377. The minimum Gasteiger partial charge on any atom is -0.493 e. The molecule has 0 saturated heterocycles. The summed E-state index contributed by atoms with van der Waals surface area (Å²) in [5.41, 5.74) is 1.12. The fraction of sp³-hybridized carbons (Fsp3) is 0.879. The topological polar surface area (TPSA) is 67.4 Å². The van der Waals surface area contributed by atoms with Crippen LogP contribution >= 0.6 is 0 Å². The number of carbonyl (C=O) groups is 2. The fourth-order valence-electron chi connectivity index (χ4n) is 10.5. The number of amides is 2. The molecule has 5 heteroatoms. The van der Waals surface area contributed by atoms with Crippen molar-refractivity contribution in [2.45, 2.75) is 355 Å². The highest BCUT2D eigenvalue weighted by Gasteiger charge is 2.16. The van der Waals surface area contributed by atoms with Gasteiger partial charge in [-0.3, -0.25) is 9.59 Å². The Bertz CT molecular complexity index is 1250. The summed E-state index contributed by atoms with van der Waals surface area (Å²) in [5, 5.41) is 6.32. The highest BCUT2D eigenvalue weighted by molar-refractivity contribution is 6.00. The van der Waals surface area contributed by atoms with Gasteiger partial charge in [0.05, 0.1) is 12.2 Å². The third-order valence-corrected chi connectivity index (χ3v) is 15.4. The highest BCUT2D eigenvalue weighted by Crippen LogP contribution is 2.23. The van der Waals surface area contributed by atoms with E-state index in [4.69, 9.17) is 4.74 Å². The van der Waals surface area contributed by atoms with Crippen molar-refractivity contribution in [2.24, 2.45) is 0 Å². The van der Waals surface area contributed by atoms with Crippen molar-refractivity contribution in [1.29, 1.82) is 0 Å². The molecule has 0 unspecified atom stereocenters. The molecule has 0 atom stereocenters. The van der Waals surface area contributed by atoms with Crippen LogP contribution in [0.25, 0.3) is 0 Å². The molecule has 1 rings (SSSR count). The van der Waals surface area contributed by atoms with Crippen LogP contribution in [0, 0.1) is 0 Å². The number of hydrogen-bond donors (Lipinski definition) is 2. The summed E-state index contributed by atoms with van der Waals surface area (Å²) in [6.45, 7) is 8.82. The second-order valence-electron chi connectivity index (χ2n) is 22.4. The van der Waals surface area contributed by atoms with E-state index in [1.165, 1.54) is 295 Å². The maximum absolute atomic E-state index is 13.5. The minimum absolute atomic E-state index is 0.0741. The molecule has 1 aromatic rings. The lowest BCUT2D eigenvalue weighted by Gasteiger charge is -2.14. The molecule has 0 heterocycles. The largest absolute Gasteiger partial charge is 0.493 e. The average molecular weight is 994 g/mol. The molecule has 2 N–H and O–H groups in total. The number of nitrogens with one attached hydrogen (secondary N) is 2. The smallest absolute Gasteiger partial charge is 0.255 e.